The first-order chi connectivity index (χ1) is 31.8. The second kappa shape index (κ2) is 30.8. The van der Waals surface area contributed by atoms with Crippen molar-refractivity contribution in [1.29, 1.82) is 0 Å². The summed E-state index contributed by atoms with van der Waals surface area (Å²) in [7, 11) is 0. The highest BCUT2D eigenvalue weighted by Gasteiger charge is 2.24. The molecule has 4 heteroatoms. The Balaban J connectivity index is 1.60. The van der Waals surface area contributed by atoms with Gasteiger partial charge in [0.2, 0.25) is 0 Å². The van der Waals surface area contributed by atoms with Crippen LogP contribution in [0.5, 0.6) is 11.5 Å². The van der Waals surface area contributed by atoms with Crippen LogP contribution in [0.4, 0.5) is 0 Å². The maximum atomic E-state index is 9.11. The Hall–Kier alpha value is -6.14. The van der Waals surface area contributed by atoms with Gasteiger partial charge in [-0.3, -0.25) is 0 Å². The van der Waals surface area contributed by atoms with Gasteiger partial charge in [0, 0.05) is 35.5 Å². The van der Waals surface area contributed by atoms with Crippen molar-refractivity contribution in [1.82, 2.24) is 0 Å². The zero-order valence-corrected chi connectivity index (χ0v) is 37.8. The first-order valence-corrected chi connectivity index (χ1v) is 23.8. The molecule has 5 aromatic carbocycles. The monoisotopic (exact) mass is 850 g/mol. The van der Waals surface area contributed by atoms with Crippen LogP contribution in [-0.2, 0) is 0 Å². The highest BCUT2D eigenvalue weighted by molar-refractivity contribution is 5.77. The maximum absolute atomic E-state index is 9.11. The summed E-state index contributed by atoms with van der Waals surface area (Å²) in [6, 6.07) is 40.1. The number of unbranched alkanes of at least 4 members (excludes halogenated alkanes) is 16. The lowest BCUT2D eigenvalue weighted by Crippen LogP contribution is -2.09. The van der Waals surface area contributed by atoms with E-state index in [0.717, 1.165) is 86.5 Å². The molecule has 64 heavy (non-hydrogen) atoms. The molecule has 0 aliphatic heterocycles. The number of aliphatic hydroxyl groups excluding tert-OH is 2. The first kappa shape index (κ1) is 48.9. The number of hydrogen-bond donors (Lipinski definition) is 2. The second-order valence-corrected chi connectivity index (χ2v) is 16.1. The van der Waals surface area contributed by atoms with Crippen LogP contribution in [0.3, 0.4) is 0 Å². The summed E-state index contributed by atoms with van der Waals surface area (Å²) >= 11 is 0. The highest BCUT2D eigenvalue weighted by atomic mass is 16.5. The van der Waals surface area contributed by atoms with Crippen LogP contribution in [-0.4, -0.2) is 36.6 Å². The molecule has 2 N–H and O–H groups in total. The van der Waals surface area contributed by atoms with E-state index in [2.05, 4.69) is 47.4 Å². The molecule has 0 saturated carbocycles. The van der Waals surface area contributed by atoms with E-state index in [1.54, 1.807) is 0 Å². The molecule has 4 nitrogen and oxygen atoms in total. The molecule has 0 saturated heterocycles. The van der Waals surface area contributed by atoms with Crippen molar-refractivity contribution in [3.8, 4) is 58.9 Å². The van der Waals surface area contributed by atoms with Gasteiger partial charge in [-0.2, -0.15) is 0 Å². The molecule has 0 radical (unpaired) electrons. The van der Waals surface area contributed by atoms with Gasteiger partial charge in [-0.25, -0.2) is 0 Å². The van der Waals surface area contributed by atoms with E-state index in [9.17, 15) is 0 Å². The fraction of sp³-hybridized carbons (Fsp3) is 0.367. The van der Waals surface area contributed by atoms with Crippen LogP contribution in [0.25, 0.3) is 0 Å². The van der Waals surface area contributed by atoms with E-state index in [4.69, 9.17) is 19.7 Å². The van der Waals surface area contributed by atoms with Crippen LogP contribution in [0.2, 0.25) is 0 Å². The average molecular weight is 851 g/mol. The third kappa shape index (κ3) is 18.3. The highest BCUT2D eigenvalue weighted by Crippen LogP contribution is 2.39. The van der Waals surface area contributed by atoms with Crippen molar-refractivity contribution in [2.75, 3.05) is 26.4 Å². The van der Waals surface area contributed by atoms with E-state index >= 15 is 0 Å². The predicted octanol–water partition coefficient (Wildman–Crippen LogP) is 13.0. The normalized spacial score (nSPS) is 10.3. The van der Waals surface area contributed by atoms with Crippen LogP contribution in [0.1, 0.15) is 160 Å². The summed E-state index contributed by atoms with van der Waals surface area (Å²) in [5.74, 6) is 29.1. The number of hydrogen-bond acceptors (Lipinski definition) is 4. The molecule has 0 bridgehead atoms. The molecule has 0 atom stereocenters. The van der Waals surface area contributed by atoms with E-state index in [1.807, 2.05) is 121 Å². The van der Waals surface area contributed by atoms with Crippen molar-refractivity contribution in [3.63, 3.8) is 0 Å². The smallest absolute Gasteiger partial charge is 0.153 e. The van der Waals surface area contributed by atoms with Crippen LogP contribution in [0, 0.1) is 47.4 Å². The van der Waals surface area contributed by atoms with Crippen LogP contribution >= 0.6 is 0 Å². The molecular formula is C60H66O4. The minimum Gasteiger partial charge on any atom is -0.491 e. The molecule has 5 rings (SSSR count). The lowest BCUT2D eigenvalue weighted by molar-refractivity contribution is 0.281. The molecule has 0 aliphatic rings. The largest absolute Gasteiger partial charge is 0.491 e. The number of ether oxygens (including phenoxy) is 2. The first-order valence-electron chi connectivity index (χ1n) is 23.8. The lowest BCUT2D eigenvalue weighted by Gasteiger charge is -2.19. The molecule has 0 fully saturated rings. The number of rotatable bonds is 24. The minimum atomic E-state index is 0.283. The molecule has 0 aromatic heterocycles. The number of benzene rings is 5. The molecule has 0 amide bonds. The summed E-state index contributed by atoms with van der Waals surface area (Å²) in [6.07, 6.45) is 19.8. The summed E-state index contributed by atoms with van der Waals surface area (Å²) in [5, 5.41) is 18.2. The lowest BCUT2D eigenvalue weighted by atomic mass is 9.94. The Labute approximate surface area is 384 Å². The average Bonchev–Trinajstić information content (AvgIpc) is 3.34. The molecular weight excluding hydrogens is 785 g/mol. The van der Waals surface area contributed by atoms with Crippen molar-refractivity contribution >= 4 is 0 Å². The predicted molar refractivity (Wildman–Crippen MR) is 264 cm³/mol. The molecule has 0 aliphatic carbocycles. The fourth-order valence-corrected chi connectivity index (χ4v) is 7.35. The fourth-order valence-electron chi connectivity index (χ4n) is 7.35. The minimum absolute atomic E-state index is 0.283. The van der Waals surface area contributed by atoms with Gasteiger partial charge in [0.25, 0.3) is 0 Å². The zero-order chi connectivity index (χ0) is 44.5. The van der Waals surface area contributed by atoms with Crippen molar-refractivity contribution in [2.45, 2.75) is 116 Å². The summed E-state index contributed by atoms with van der Waals surface area (Å²) in [4.78, 5) is 0. The van der Waals surface area contributed by atoms with Crippen molar-refractivity contribution < 1.29 is 19.7 Å². The Morgan fingerprint density at radius 1 is 0.266 bits per heavy atom. The van der Waals surface area contributed by atoms with E-state index in [0.29, 0.717) is 47.0 Å². The molecule has 5 aromatic rings. The molecule has 0 unspecified atom stereocenters. The third-order valence-corrected chi connectivity index (χ3v) is 10.9. The second-order valence-electron chi connectivity index (χ2n) is 16.1. The van der Waals surface area contributed by atoms with Crippen LogP contribution in [0.15, 0.2) is 121 Å². The van der Waals surface area contributed by atoms with E-state index in [-0.39, 0.29) is 13.2 Å². The molecule has 330 valence electrons. The summed E-state index contributed by atoms with van der Waals surface area (Å²) < 4.78 is 13.9. The van der Waals surface area contributed by atoms with E-state index in [1.165, 1.54) is 51.4 Å². The third-order valence-electron chi connectivity index (χ3n) is 10.9. The van der Waals surface area contributed by atoms with Crippen LogP contribution < -0.4 is 9.47 Å². The Morgan fingerprint density at radius 3 is 0.719 bits per heavy atom. The maximum Gasteiger partial charge on any atom is 0.153 e. The van der Waals surface area contributed by atoms with Gasteiger partial charge in [0.1, 0.15) is 0 Å². The quantitative estimate of drug-likeness (QED) is 0.0480. The van der Waals surface area contributed by atoms with Gasteiger partial charge < -0.3 is 19.7 Å². The zero-order valence-electron chi connectivity index (χ0n) is 37.8. The van der Waals surface area contributed by atoms with Gasteiger partial charge in [-0.1, -0.05) is 210 Å². The Morgan fingerprint density at radius 2 is 0.484 bits per heavy atom. The summed E-state index contributed by atoms with van der Waals surface area (Å²) in [5.41, 5.74) is 6.12. The SMILES string of the molecule is OCCCCCCCCCCCOc1c(C#Cc2ccccc2)c(C#Cc2ccccc2)c(OCCCCCCCCCCCO)c(C#Cc2ccccc2)c1C#Cc1ccccc1. The molecule has 0 heterocycles. The summed E-state index contributed by atoms with van der Waals surface area (Å²) in [6.45, 7) is 1.56. The van der Waals surface area contributed by atoms with E-state index < -0.39 is 0 Å². The van der Waals surface area contributed by atoms with Gasteiger partial charge >= 0.3 is 0 Å². The Kier molecular flexibility index (Phi) is 23.5. The standard InChI is InChI=1S/C60H66O4/c61-47-27-11-7-3-1-5-9-13-29-49-63-59-55(43-39-51-31-19-15-20-32-51)57(45-41-53-35-23-17-24-36-53)60(64-50-30-14-10-6-2-4-8-12-28-48-62)58(46-42-54-37-25-18-26-38-54)56(59)44-40-52-33-21-16-22-34-52/h15-26,31-38,61-62H,1-14,27-30,47-50H2. The Bertz CT molecular complexity index is 2020. The van der Waals surface area contributed by atoms with Crippen molar-refractivity contribution in [2.24, 2.45) is 0 Å². The van der Waals surface area contributed by atoms with Gasteiger partial charge in [0.05, 0.1) is 35.5 Å². The van der Waals surface area contributed by atoms with Gasteiger partial charge in [-0.15, -0.1) is 0 Å². The topological polar surface area (TPSA) is 58.9 Å². The van der Waals surface area contributed by atoms with Gasteiger partial charge in [0.15, 0.2) is 11.5 Å². The van der Waals surface area contributed by atoms with Gasteiger partial charge in [-0.05, 0) is 74.2 Å². The number of aliphatic hydroxyl groups is 2. The molecule has 0 spiro atoms. The van der Waals surface area contributed by atoms with Crippen molar-refractivity contribution in [3.05, 3.63) is 166 Å².